The van der Waals surface area contributed by atoms with Gasteiger partial charge in [0.2, 0.25) is 0 Å². The number of aliphatic hydroxyl groups excluding tert-OH is 1. The molecule has 1 aromatic rings. The van der Waals surface area contributed by atoms with Crippen molar-refractivity contribution in [3.05, 3.63) is 27.2 Å². The fraction of sp³-hybridized carbons (Fsp3) is 0.533. The molecule has 1 rings (SSSR count). The summed E-state index contributed by atoms with van der Waals surface area (Å²) in [6, 6.07) is 1.95. The van der Waals surface area contributed by atoms with Crippen LogP contribution in [0.15, 0.2) is 10.5 Å². The van der Waals surface area contributed by atoms with Crippen LogP contribution in [0.5, 0.6) is 5.75 Å². The highest BCUT2D eigenvalue weighted by molar-refractivity contribution is 9.10. The van der Waals surface area contributed by atoms with Crippen molar-refractivity contribution in [2.24, 2.45) is 5.92 Å². The lowest BCUT2D eigenvalue weighted by Crippen LogP contribution is -2.12. The van der Waals surface area contributed by atoms with Crippen LogP contribution in [0.2, 0.25) is 0 Å². The SMILES string of the molecule is COc1c(C)cc(Br)c(C)c1C(O)CC(C)CC(=O)O. The summed E-state index contributed by atoms with van der Waals surface area (Å²) in [6.07, 6.45) is -0.305. The first-order valence-electron chi connectivity index (χ1n) is 6.51. The molecule has 0 spiro atoms. The van der Waals surface area contributed by atoms with Crippen molar-refractivity contribution in [3.63, 3.8) is 0 Å². The molecule has 0 aliphatic rings. The Morgan fingerprint density at radius 2 is 2.05 bits per heavy atom. The average Bonchev–Trinajstić information content (AvgIpc) is 2.31. The van der Waals surface area contributed by atoms with Gasteiger partial charge < -0.3 is 14.9 Å². The van der Waals surface area contributed by atoms with Gasteiger partial charge in [-0.1, -0.05) is 22.9 Å². The molecule has 2 atom stereocenters. The maximum absolute atomic E-state index is 10.7. The van der Waals surface area contributed by atoms with Crippen molar-refractivity contribution in [2.75, 3.05) is 7.11 Å². The highest BCUT2D eigenvalue weighted by Gasteiger charge is 2.22. The standard InChI is InChI=1S/C15H21BrO4/c1-8(6-13(18)19)5-12(17)14-10(3)11(16)7-9(2)15(14)20-4/h7-8,12,17H,5-6H2,1-4H3,(H,18,19). The van der Waals surface area contributed by atoms with Crippen LogP contribution in [0.1, 0.15) is 42.6 Å². The van der Waals surface area contributed by atoms with Gasteiger partial charge in [0, 0.05) is 16.5 Å². The number of aliphatic hydroxyl groups is 1. The minimum absolute atomic E-state index is 0.0470. The number of carbonyl (C=O) groups is 1. The molecular weight excluding hydrogens is 324 g/mol. The highest BCUT2D eigenvalue weighted by Crippen LogP contribution is 2.38. The Hall–Kier alpha value is -1.07. The maximum Gasteiger partial charge on any atom is 0.303 e. The Kier molecular flexibility index (Phi) is 6.02. The Bertz CT molecular complexity index is 499. The van der Waals surface area contributed by atoms with Crippen molar-refractivity contribution >= 4 is 21.9 Å². The topological polar surface area (TPSA) is 66.8 Å². The third-order valence-electron chi connectivity index (χ3n) is 3.39. The van der Waals surface area contributed by atoms with E-state index >= 15 is 0 Å². The van der Waals surface area contributed by atoms with Crippen LogP contribution < -0.4 is 4.74 Å². The minimum Gasteiger partial charge on any atom is -0.496 e. The summed E-state index contributed by atoms with van der Waals surface area (Å²) in [5.74, 6) is -0.287. The lowest BCUT2D eigenvalue weighted by molar-refractivity contribution is -0.138. The van der Waals surface area contributed by atoms with Gasteiger partial charge in [-0.2, -0.15) is 0 Å². The number of aliphatic carboxylic acids is 1. The number of hydrogen-bond acceptors (Lipinski definition) is 3. The molecule has 1 aromatic carbocycles. The Labute approximate surface area is 127 Å². The molecule has 4 nitrogen and oxygen atoms in total. The van der Waals surface area contributed by atoms with Gasteiger partial charge in [0.1, 0.15) is 5.75 Å². The number of hydrogen-bond donors (Lipinski definition) is 2. The first kappa shape index (κ1) is 17.0. The van der Waals surface area contributed by atoms with Gasteiger partial charge in [0.25, 0.3) is 0 Å². The molecule has 0 bridgehead atoms. The van der Waals surface area contributed by atoms with Crippen LogP contribution in [0.3, 0.4) is 0 Å². The Balaban J connectivity index is 3.08. The van der Waals surface area contributed by atoms with E-state index in [2.05, 4.69) is 15.9 Å². The van der Waals surface area contributed by atoms with Crippen molar-refractivity contribution in [1.82, 2.24) is 0 Å². The number of carboxylic acids is 1. The lowest BCUT2D eigenvalue weighted by atomic mass is 9.91. The number of ether oxygens (including phenoxy) is 1. The van der Waals surface area contributed by atoms with Crippen LogP contribution in [0.4, 0.5) is 0 Å². The molecular formula is C15H21BrO4. The number of carboxylic acid groups (broad SMARTS) is 1. The predicted molar refractivity (Wildman–Crippen MR) is 81.2 cm³/mol. The third-order valence-corrected chi connectivity index (χ3v) is 4.22. The molecule has 2 N–H and O–H groups in total. The number of halogens is 1. The van der Waals surface area contributed by atoms with Gasteiger partial charge in [-0.05, 0) is 43.4 Å². The number of aryl methyl sites for hydroxylation is 1. The third kappa shape index (κ3) is 3.96. The summed E-state index contributed by atoms with van der Waals surface area (Å²) >= 11 is 3.47. The van der Waals surface area contributed by atoms with Crippen molar-refractivity contribution < 1.29 is 19.7 Å². The smallest absolute Gasteiger partial charge is 0.303 e. The van der Waals surface area contributed by atoms with Crippen LogP contribution >= 0.6 is 15.9 Å². The molecule has 2 unspecified atom stereocenters. The lowest BCUT2D eigenvalue weighted by Gasteiger charge is -2.22. The second kappa shape index (κ2) is 7.09. The molecule has 0 heterocycles. The van der Waals surface area contributed by atoms with E-state index in [9.17, 15) is 9.90 Å². The summed E-state index contributed by atoms with van der Waals surface area (Å²) in [5, 5.41) is 19.2. The largest absolute Gasteiger partial charge is 0.496 e. The first-order chi connectivity index (χ1) is 9.27. The Morgan fingerprint density at radius 3 is 2.55 bits per heavy atom. The van der Waals surface area contributed by atoms with E-state index in [-0.39, 0.29) is 12.3 Å². The van der Waals surface area contributed by atoms with Gasteiger partial charge in [0.05, 0.1) is 13.2 Å². The Morgan fingerprint density at radius 1 is 1.45 bits per heavy atom. The van der Waals surface area contributed by atoms with E-state index in [4.69, 9.17) is 9.84 Å². The van der Waals surface area contributed by atoms with E-state index in [0.29, 0.717) is 12.2 Å². The molecule has 112 valence electrons. The van der Waals surface area contributed by atoms with Gasteiger partial charge in [-0.25, -0.2) is 0 Å². The summed E-state index contributed by atoms with van der Waals surface area (Å²) in [4.78, 5) is 10.7. The van der Waals surface area contributed by atoms with E-state index in [1.807, 2.05) is 26.8 Å². The molecule has 0 amide bonds. The molecule has 0 saturated carbocycles. The van der Waals surface area contributed by atoms with E-state index in [1.54, 1.807) is 7.11 Å². The summed E-state index contributed by atoms with van der Waals surface area (Å²) in [6.45, 7) is 5.65. The van der Waals surface area contributed by atoms with Crippen molar-refractivity contribution in [2.45, 2.75) is 39.7 Å². The second-order valence-corrected chi connectivity index (χ2v) is 6.06. The van der Waals surface area contributed by atoms with Gasteiger partial charge in [-0.15, -0.1) is 0 Å². The molecule has 0 aromatic heterocycles. The summed E-state index contributed by atoms with van der Waals surface area (Å²) < 4.78 is 6.31. The number of benzene rings is 1. The normalized spacial score (nSPS) is 13.9. The highest BCUT2D eigenvalue weighted by atomic mass is 79.9. The zero-order valence-electron chi connectivity index (χ0n) is 12.2. The van der Waals surface area contributed by atoms with Gasteiger partial charge >= 0.3 is 5.97 Å². The summed E-state index contributed by atoms with van der Waals surface area (Å²) in [5.41, 5.74) is 2.59. The van der Waals surface area contributed by atoms with Crippen molar-refractivity contribution in [1.29, 1.82) is 0 Å². The van der Waals surface area contributed by atoms with E-state index in [0.717, 1.165) is 21.2 Å². The van der Waals surface area contributed by atoms with Crippen molar-refractivity contribution in [3.8, 4) is 5.75 Å². The number of rotatable bonds is 6. The quantitative estimate of drug-likeness (QED) is 0.827. The second-order valence-electron chi connectivity index (χ2n) is 5.20. The predicted octanol–water partition coefficient (Wildman–Crippen LogP) is 3.61. The molecule has 20 heavy (non-hydrogen) atoms. The molecule has 5 heteroatoms. The molecule has 0 aliphatic heterocycles. The zero-order chi connectivity index (χ0) is 15.4. The molecule has 0 radical (unpaired) electrons. The first-order valence-corrected chi connectivity index (χ1v) is 7.30. The van der Waals surface area contributed by atoms with E-state index < -0.39 is 12.1 Å². The van der Waals surface area contributed by atoms with Crippen LogP contribution in [-0.2, 0) is 4.79 Å². The monoisotopic (exact) mass is 344 g/mol. The molecule has 0 fully saturated rings. The average molecular weight is 345 g/mol. The van der Waals surface area contributed by atoms with Crippen LogP contribution in [-0.4, -0.2) is 23.3 Å². The molecule has 0 aliphatic carbocycles. The summed E-state index contributed by atoms with van der Waals surface area (Å²) in [7, 11) is 1.58. The van der Waals surface area contributed by atoms with Gasteiger partial charge in [-0.3, -0.25) is 4.79 Å². The fourth-order valence-corrected chi connectivity index (χ4v) is 2.98. The fourth-order valence-electron chi connectivity index (χ4n) is 2.43. The number of methoxy groups -OCH3 is 1. The van der Waals surface area contributed by atoms with E-state index in [1.165, 1.54) is 0 Å². The maximum atomic E-state index is 10.7. The molecule has 0 saturated heterocycles. The zero-order valence-corrected chi connectivity index (χ0v) is 13.8. The van der Waals surface area contributed by atoms with Gasteiger partial charge in [0.15, 0.2) is 0 Å². The van der Waals surface area contributed by atoms with Crippen LogP contribution in [0.25, 0.3) is 0 Å². The minimum atomic E-state index is -0.848. The van der Waals surface area contributed by atoms with Crippen LogP contribution in [0, 0.1) is 19.8 Å².